The van der Waals surface area contributed by atoms with E-state index in [1.54, 1.807) is 41.5 Å². The van der Waals surface area contributed by atoms with Crippen molar-refractivity contribution < 1.29 is 33.4 Å². The van der Waals surface area contributed by atoms with Gasteiger partial charge in [-0.1, -0.05) is 24.3 Å². The maximum Gasteiger partial charge on any atom is 0.410 e. The van der Waals surface area contributed by atoms with Crippen molar-refractivity contribution in [2.75, 3.05) is 62.6 Å². The largest absolute Gasteiger partial charge is 0.459 e. The summed E-state index contributed by atoms with van der Waals surface area (Å²) in [7, 11) is 0. The second-order valence-electron chi connectivity index (χ2n) is 22.9. The first-order chi connectivity index (χ1) is 30.2. The van der Waals surface area contributed by atoms with Crippen LogP contribution < -0.4 is 15.5 Å². The molecular weight excluding hydrogens is 821 g/mol. The maximum absolute atomic E-state index is 13.4. The standard InChI is InChI=1S/C33H53N3O6.C19H27N3O/c1-22-12-13-24(26(27(37)40-30(2,3)4)28(38)41-31(5,6)7)25(20-22)34-23-14-17-36(18-15-23)33(11)16-19-35(21-33)29(39)42-32(8,9)10;1-14-3-4-15-12-18(23)22(17(15)11-14)16-5-9-21(10-6-16)19(2)7-8-20-13-19/h12-13,20,23,26,34H,14-19,21H2,1-11H3;3-4,11,16,20H,5-10,12-13H2,1-2H3. The van der Waals surface area contributed by atoms with E-state index in [4.69, 9.17) is 14.2 Å². The van der Waals surface area contributed by atoms with Crippen molar-refractivity contribution in [1.82, 2.24) is 20.0 Å². The lowest BCUT2D eigenvalue weighted by atomic mass is 9.92. The highest BCUT2D eigenvalue weighted by molar-refractivity contribution is 6.03. The second-order valence-corrected chi connectivity index (χ2v) is 22.9. The molecule has 2 aromatic carbocycles. The van der Waals surface area contributed by atoms with E-state index >= 15 is 0 Å². The second kappa shape index (κ2) is 19.6. The van der Waals surface area contributed by atoms with Crippen LogP contribution in [0.4, 0.5) is 16.2 Å². The number of nitrogens with zero attached hydrogens (tertiary/aromatic N) is 4. The molecule has 0 bridgehead atoms. The van der Waals surface area contributed by atoms with Gasteiger partial charge in [-0.15, -0.1) is 0 Å². The predicted molar refractivity (Wildman–Crippen MR) is 258 cm³/mol. The number of aryl methyl sites for hydroxylation is 2. The number of hydrogen-bond acceptors (Lipinski definition) is 11. The molecule has 2 amide bonds. The minimum atomic E-state index is -1.21. The average Bonchev–Trinajstić information content (AvgIpc) is 3.91. The average molecular weight is 901 g/mol. The van der Waals surface area contributed by atoms with Crippen LogP contribution in [0.5, 0.6) is 0 Å². The third kappa shape index (κ3) is 12.8. The zero-order valence-corrected chi connectivity index (χ0v) is 41.9. The molecule has 7 rings (SSSR count). The van der Waals surface area contributed by atoms with E-state index in [0.717, 1.165) is 82.6 Å². The summed E-state index contributed by atoms with van der Waals surface area (Å²) in [5.41, 5.74) is 4.13. The van der Waals surface area contributed by atoms with Gasteiger partial charge in [-0.25, -0.2) is 4.79 Å². The number of carbonyl (C=O) groups excluding carboxylic acids is 4. The van der Waals surface area contributed by atoms with Gasteiger partial charge in [0, 0.05) is 85.9 Å². The summed E-state index contributed by atoms with van der Waals surface area (Å²) < 4.78 is 17.0. The monoisotopic (exact) mass is 901 g/mol. The highest BCUT2D eigenvalue weighted by Crippen LogP contribution is 2.37. The smallest absolute Gasteiger partial charge is 0.410 e. The van der Waals surface area contributed by atoms with Crippen LogP contribution in [-0.4, -0.2) is 131 Å². The van der Waals surface area contributed by atoms with Gasteiger partial charge in [0.25, 0.3) is 0 Å². The summed E-state index contributed by atoms with van der Waals surface area (Å²) in [5, 5.41) is 7.15. The van der Waals surface area contributed by atoms with E-state index in [2.05, 4.69) is 64.3 Å². The maximum atomic E-state index is 13.4. The van der Waals surface area contributed by atoms with Crippen LogP contribution in [-0.2, 0) is 35.0 Å². The van der Waals surface area contributed by atoms with Crippen LogP contribution in [0.1, 0.15) is 143 Å². The number of fused-ring (bicyclic) bond motifs is 1. The molecule has 2 atom stereocenters. The molecule has 5 aliphatic rings. The number of ether oxygens (including phenoxy) is 3. The number of hydrogen-bond donors (Lipinski definition) is 2. The first-order valence-electron chi connectivity index (χ1n) is 24.2. The Morgan fingerprint density at radius 3 is 1.85 bits per heavy atom. The number of rotatable bonds is 8. The van der Waals surface area contributed by atoms with Gasteiger partial charge in [0.15, 0.2) is 5.92 Å². The summed E-state index contributed by atoms with van der Waals surface area (Å²) in [6.07, 6.45) is 6.43. The van der Waals surface area contributed by atoms with Gasteiger partial charge in [0.05, 0.1) is 6.42 Å². The van der Waals surface area contributed by atoms with Gasteiger partial charge in [-0.3, -0.25) is 24.2 Å². The molecule has 65 heavy (non-hydrogen) atoms. The molecule has 0 radical (unpaired) electrons. The van der Waals surface area contributed by atoms with Gasteiger partial charge in [0.1, 0.15) is 16.8 Å². The Morgan fingerprint density at radius 1 is 0.723 bits per heavy atom. The number of piperidine rings is 2. The summed E-state index contributed by atoms with van der Waals surface area (Å²) in [4.78, 5) is 61.1. The fraction of sp³-hybridized carbons (Fsp3) is 0.692. The number of carbonyl (C=O) groups is 4. The molecule has 13 heteroatoms. The van der Waals surface area contributed by atoms with Gasteiger partial charge < -0.3 is 34.6 Å². The molecule has 4 fully saturated rings. The van der Waals surface area contributed by atoms with Crippen LogP contribution >= 0.6 is 0 Å². The van der Waals surface area contributed by atoms with Gasteiger partial charge in [0.2, 0.25) is 5.91 Å². The summed E-state index contributed by atoms with van der Waals surface area (Å²) >= 11 is 0. The Bertz CT molecular complexity index is 2000. The lowest BCUT2D eigenvalue weighted by Crippen LogP contribution is -2.54. The number of nitrogens with one attached hydrogen (secondary N) is 2. The molecular formula is C52H80N6O7. The predicted octanol–water partition coefficient (Wildman–Crippen LogP) is 8.14. The number of amides is 2. The van der Waals surface area contributed by atoms with Gasteiger partial charge in [-0.05, 0) is 164 Å². The zero-order chi connectivity index (χ0) is 47.7. The number of esters is 2. The fourth-order valence-electron chi connectivity index (χ4n) is 10.2. The van der Waals surface area contributed by atoms with Crippen molar-refractivity contribution in [2.24, 2.45) is 0 Å². The Kier molecular flexibility index (Phi) is 15.1. The molecule has 13 nitrogen and oxygen atoms in total. The van der Waals surface area contributed by atoms with Crippen molar-refractivity contribution in [1.29, 1.82) is 0 Å². The van der Waals surface area contributed by atoms with E-state index in [1.165, 1.54) is 23.2 Å². The fourth-order valence-corrected chi connectivity index (χ4v) is 10.2. The Labute approximate surface area is 389 Å². The highest BCUT2D eigenvalue weighted by Gasteiger charge is 2.44. The number of benzene rings is 2. The molecule has 0 spiro atoms. The van der Waals surface area contributed by atoms with E-state index in [-0.39, 0.29) is 23.6 Å². The molecule has 4 saturated heterocycles. The van der Waals surface area contributed by atoms with Crippen molar-refractivity contribution in [3.05, 3.63) is 58.7 Å². The minimum Gasteiger partial charge on any atom is -0.459 e. The van der Waals surface area contributed by atoms with E-state index < -0.39 is 34.7 Å². The van der Waals surface area contributed by atoms with Gasteiger partial charge in [-0.2, -0.15) is 0 Å². The molecule has 2 aromatic rings. The topological polar surface area (TPSA) is 133 Å². The summed E-state index contributed by atoms with van der Waals surface area (Å²) in [6.45, 7) is 32.6. The third-order valence-electron chi connectivity index (χ3n) is 13.6. The van der Waals surface area contributed by atoms with E-state index in [0.29, 0.717) is 36.7 Å². The first-order valence-corrected chi connectivity index (χ1v) is 24.2. The molecule has 360 valence electrons. The number of likely N-dealkylation sites (tertiary alicyclic amines) is 3. The van der Waals surface area contributed by atoms with Crippen LogP contribution in [0.3, 0.4) is 0 Å². The van der Waals surface area contributed by atoms with Crippen LogP contribution in [0.25, 0.3) is 0 Å². The molecule has 5 heterocycles. The first kappa shape index (κ1) is 50.2. The lowest BCUT2D eigenvalue weighted by molar-refractivity contribution is -0.169. The van der Waals surface area contributed by atoms with Gasteiger partial charge >= 0.3 is 18.0 Å². The zero-order valence-electron chi connectivity index (χ0n) is 41.9. The molecule has 0 saturated carbocycles. The Balaban J connectivity index is 0.000000253. The highest BCUT2D eigenvalue weighted by atomic mass is 16.6. The molecule has 2 N–H and O–H groups in total. The van der Waals surface area contributed by atoms with Crippen molar-refractivity contribution in [3.63, 3.8) is 0 Å². The lowest BCUT2D eigenvalue weighted by Gasteiger charge is -2.44. The SMILES string of the molecule is Cc1ccc(C(C(=O)OC(C)(C)C)C(=O)OC(C)(C)C)c(NC2CCN(C3(C)CCN(C(=O)OC(C)(C)C)C3)CC2)c1.Cc1ccc2c(c1)N(C1CCN(C3(C)CCNC3)CC1)C(=O)C2. The number of anilines is 2. The normalized spacial score (nSPS) is 23.9. The molecule has 0 aromatic heterocycles. The van der Waals surface area contributed by atoms with Crippen LogP contribution in [0, 0.1) is 13.8 Å². The summed E-state index contributed by atoms with van der Waals surface area (Å²) in [6, 6.07) is 12.7. The van der Waals surface area contributed by atoms with Crippen molar-refractivity contribution in [2.45, 2.75) is 181 Å². The van der Waals surface area contributed by atoms with Crippen LogP contribution in [0.2, 0.25) is 0 Å². The van der Waals surface area contributed by atoms with Crippen LogP contribution in [0.15, 0.2) is 36.4 Å². The molecule has 5 aliphatic heterocycles. The van der Waals surface area contributed by atoms with E-state index in [1.807, 2.05) is 50.8 Å². The van der Waals surface area contributed by atoms with Crippen molar-refractivity contribution in [3.8, 4) is 0 Å². The molecule has 2 unspecified atom stereocenters. The quantitative estimate of drug-likeness (QED) is 0.151. The minimum absolute atomic E-state index is 0.102. The Morgan fingerprint density at radius 2 is 1.28 bits per heavy atom. The third-order valence-corrected chi connectivity index (χ3v) is 13.6. The molecule has 0 aliphatic carbocycles. The Hall–Kier alpha value is -4.20. The van der Waals surface area contributed by atoms with E-state index in [9.17, 15) is 19.2 Å². The van der Waals surface area contributed by atoms with Crippen molar-refractivity contribution >= 4 is 35.3 Å². The summed E-state index contributed by atoms with van der Waals surface area (Å²) in [5.74, 6) is -2.16.